The molecule has 0 aliphatic carbocycles. The average molecular weight is 301 g/mol. The van der Waals surface area contributed by atoms with Crippen LogP contribution in [0.3, 0.4) is 0 Å². The molecule has 1 aromatic carbocycles. The van der Waals surface area contributed by atoms with E-state index < -0.39 is 6.03 Å². The molecule has 2 amide bonds. The Kier molecular flexibility index (Phi) is 8.69. The second-order valence-electron chi connectivity index (χ2n) is 3.37. The van der Waals surface area contributed by atoms with Gasteiger partial charge in [-0.3, -0.25) is 5.41 Å². The van der Waals surface area contributed by atoms with Gasteiger partial charge >= 0.3 is 6.03 Å². The van der Waals surface area contributed by atoms with Gasteiger partial charge in [-0.05, 0) is 18.6 Å². The summed E-state index contributed by atoms with van der Waals surface area (Å²) in [5, 5.41) is 13.5. The smallest absolute Gasteiger partial charge is 0.387 e. The summed E-state index contributed by atoms with van der Waals surface area (Å²) in [7, 11) is 0. The highest BCUT2D eigenvalue weighted by Crippen LogP contribution is 2.07. The van der Waals surface area contributed by atoms with Crippen LogP contribution in [0.4, 0.5) is 9.18 Å². The summed E-state index contributed by atoms with van der Waals surface area (Å²) in [6.45, 7) is 2.25. The number of urea groups is 1. The summed E-state index contributed by atoms with van der Waals surface area (Å²) in [5.41, 5.74) is 0.501. The van der Waals surface area contributed by atoms with Crippen molar-refractivity contribution in [1.29, 1.82) is 5.41 Å². The maximum absolute atomic E-state index is 13.0. The first-order chi connectivity index (χ1) is 9.13. The third-order valence-electron chi connectivity index (χ3n) is 1.99. The van der Waals surface area contributed by atoms with Crippen molar-refractivity contribution in [1.82, 2.24) is 0 Å². The predicted octanol–water partition coefficient (Wildman–Crippen LogP) is 3.40. The zero-order valence-corrected chi connectivity index (χ0v) is 11.6. The van der Waals surface area contributed by atoms with Gasteiger partial charge in [-0.1, -0.05) is 23.3 Å². The minimum Gasteiger partial charge on any atom is -0.481 e. The van der Waals surface area contributed by atoms with Crippen LogP contribution in [0, 0.1) is 11.2 Å². The van der Waals surface area contributed by atoms with E-state index in [1.165, 1.54) is 6.07 Å². The van der Waals surface area contributed by atoms with E-state index in [1.807, 2.05) is 0 Å². The van der Waals surface area contributed by atoms with Crippen molar-refractivity contribution in [3.63, 3.8) is 0 Å². The first-order valence-corrected chi connectivity index (χ1v) is 5.54. The SMILES string of the molecule is CCOC(=N)Cc1ccccc1F.Cl.O=C1N=CN=N1. The van der Waals surface area contributed by atoms with E-state index >= 15 is 0 Å². The van der Waals surface area contributed by atoms with Gasteiger partial charge < -0.3 is 4.74 Å². The standard InChI is InChI=1S/C10H12FNO.C2HN3O.ClH/c1-2-13-10(12)7-8-5-3-4-6-9(8)11;6-2-3-1-4-5-2;/h3-6,12H,2,7H2,1H3;1H;1H. The van der Waals surface area contributed by atoms with E-state index in [-0.39, 0.29) is 30.5 Å². The fourth-order valence-electron chi connectivity index (χ4n) is 1.22. The monoisotopic (exact) mass is 300 g/mol. The van der Waals surface area contributed by atoms with Gasteiger partial charge in [-0.15, -0.1) is 17.5 Å². The lowest BCUT2D eigenvalue weighted by Crippen LogP contribution is -2.07. The largest absolute Gasteiger partial charge is 0.481 e. The van der Waals surface area contributed by atoms with E-state index in [9.17, 15) is 9.18 Å². The van der Waals surface area contributed by atoms with Crippen LogP contribution in [-0.2, 0) is 11.2 Å². The molecule has 108 valence electrons. The molecule has 1 aromatic rings. The summed E-state index contributed by atoms with van der Waals surface area (Å²) < 4.78 is 18.0. The molecule has 0 fully saturated rings. The molecular weight excluding hydrogens is 287 g/mol. The number of hydrogen-bond donors (Lipinski definition) is 1. The molecule has 2 rings (SSSR count). The first-order valence-electron chi connectivity index (χ1n) is 5.54. The number of halogens is 2. The number of rotatable bonds is 3. The third kappa shape index (κ3) is 6.69. The van der Waals surface area contributed by atoms with Crippen LogP contribution in [-0.4, -0.2) is 24.9 Å². The van der Waals surface area contributed by atoms with Gasteiger partial charge in [-0.25, -0.2) is 9.18 Å². The van der Waals surface area contributed by atoms with Crippen LogP contribution in [0.2, 0.25) is 0 Å². The van der Waals surface area contributed by atoms with Crippen molar-refractivity contribution in [3.05, 3.63) is 35.6 Å². The molecule has 0 spiro atoms. The van der Waals surface area contributed by atoms with Gasteiger partial charge in [0.25, 0.3) is 0 Å². The Balaban J connectivity index is 0.000000434. The Morgan fingerprint density at radius 2 is 2.10 bits per heavy atom. The second-order valence-corrected chi connectivity index (χ2v) is 3.37. The Hall–Kier alpha value is -2.15. The first kappa shape index (κ1) is 17.8. The van der Waals surface area contributed by atoms with E-state index in [1.54, 1.807) is 25.1 Å². The summed E-state index contributed by atoms with van der Waals surface area (Å²) in [6, 6.07) is 5.90. The van der Waals surface area contributed by atoms with Crippen LogP contribution in [0.25, 0.3) is 0 Å². The average Bonchev–Trinajstić information content (AvgIpc) is 2.84. The van der Waals surface area contributed by atoms with Crippen molar-refractivity contribution in [2.75, 3.05) is 6.61 Å². The number of hydrogen-bond acceptors (Lipinski definition) is 4. The van der Waals surface area contributed by atoms with Gasteiger partial charge in [0.05, 0.1) is 13.0 Å². The van der Waals surface area contributed by atoms with Gasteiger partial charge in [0.2, 0.25) is 0 Å². The molecular formula is C12H14ClFN4O2. The van der Waals surface area contributed by atoms with E-state index in [0.29, 0.717) is 12.2 Å². The van der Waals surface area contributed by atoms with Gasteiger partial charge in [-0.2, -0.15) is 4.99 Å². The topological polar surface area (TPSA) is 87.2 Å². The minimum atomic E-state index is -0.519. The normalized spacial score (nSPS) is 11.4. The Bertz CT molecular complexity index is 506. The van der Waals surface area contributed by atoms with Crippen molar-refractivity contribution in [2.45, 2.75) is 13.3 Å². The Labute approximate surface area is 121 Å². The minimum absolute atomic E-state index is 0. The molecule has 6 nitrogen and oxygen atoms in total. The zero-order valence-electron chi connectivity index (χ0n) is 10.7. The summed E-state index contributed by atoms with van der Waals surface area (Å²) in [4.78, 5) is 12.9. The van der Waals surface area contributed by atoms with Crippen LogP contribution in [0.15, 0.2) is 39.5 Å². The zero-order chi connectivity index (χ0) is 14.1. The Morgan fingerprint density at radius 1 is 1.40 bits per heavy atom. The lowest BCUT2D eigenvalue weighted by molar-refractivity contribution is 0.257. The fraction of sp³-hybridized carbons (Fsp3) is 0.250. The van der Waals surface area contributed by atoms with Crippen molar-refractivity contribution in [3.8, 4) is 0 Å². The quantitative estimate of drug-likeness (QED) is 0.685. The second kappa shape index (κ2) is 9.74. The molecule has 0 saturated carbocycles. The predicted molar refractivity (Wildman–Crippen MR) is 75.4 cm³/mol. The van der Waals surface area contributed by atoms with Crippen molar-refractivity contribution >= 4 is 30.7 Å². The van der Waals surface area contributed by atoms with Crippen molar-refractivity contribution < 1.29 is 13.9 Å². The van der Waals surface area contributed by atoms with E-state index in [2.05, 4.69) is 15.2 Å². The Morgan fingerprint density at radius 3 is 2.55 bits per heavy atom. The fourth-order valence-corrected chi connectivity index (χ4v) is 1.22. The molecule has 1 aliphatic heterocycles. The number of aliphatic imine (C=N–C) groups is 1. The lowest BCUT2D eigenvalue weighted by Gasteiger charge is -2.05. The van der Waals surface area contributed by atoms with Crippen LogP contribution < -0.4 is 0 Å². The lowest BCUT2D eigenvalue weighted by atomic mass is 10.1. The molecule has 20 heavy (non-hydrogen) atoms. The molecule has 0 saturated heterocycles. The number of benzene rings is 1. The van der Waals surface area contributed by atoms with Crippen LogP contribution in [0.5, 0.6) is 0 Å². The summed E-state index contributed by atoms with van der Waals surface area (Å²) in [5.74, 6) is -0.181. The highest BCUT2D eigenvalue weighted by molar-refractivity contribution is 5.87. The number of nitrogens with zero attached hydrogens (tertiary/aromatic N) is 3. The highest BCUT2D eigenvalue weighted by Gasteiger charge is 2.04. The number of ether oxygens (including phenoxy) is 1. The molecule has 0 aromatic heterocycles. The molecule has 8 heteroatoms. The summed E-state index contributed by atoms with van der Waals surface area (Å²) in [6.07, 6.45) is 1.34. The van der Waals surface area contributed by atoms with Crippen molar-refractivity contribution in [2.24, 2.45) is 15.2 Å². The van der Waals surface area contributed by atoms with E-state index in [4.69, 9.17) is 10.1 Å². The molecule has 0 atom stereocenters. The molecule has 0 unspecified atom stereocenters. The molecule has 1 aliphatic rings. The maximum atomic E-state index is 13.0. The van der Waals surface area contributed by atoms with Crippen LogP contribution in [0.1, 0.15) is 12.5 Å². The van der Waals surface area contributed by atoms with Gasteiger partial charge in [0, 0.05) is 0 Å². The number of nitrogens with one attached hydrogen (secondary N) is 1. The molecule has 0 bridgehead atoms. The number of amides is 2. The molecule has 0 radical (unpaired) electrons. The van der Waals surface area contributed by atoms with Gasteiger partial charge in [0.15, 0.2) is 5.90 Å². The number of carbonyl (C=O) groups is 1. The number of azo groups is 1. The molecule has 1 heterocycles. The van der Waals surface area contributed by atoms with Gasteiger partial charge in [0.1, 0.15) is 12.2 Å². The highest BCUT2D eigenvalue weighted by atomic mass is 35.5. The third-order valence-corrected chi connectivity index (χ3v) is 1.99. The molecule has 1 N–H and O–H groups in total. The number of carbonyl (C=O) groups excluding carboxylic acids is 1. The maximum Gasteiger partial charge on any atom is 0.387 e. The van der Waals surface area contributed by atoms with Crippen LogP contribution >= 0.6 is 12.4 Å². The van der Waals surface area contributed by atoms with E-state index in [0.717, 1.165) is 6.34 Å². The summed E-state index contributed by atoms with van der Waals surface area (Å²) >= 11 is 0.